The Balaban J connectivity index is 0.930. The van der Waals surface area contributed by atoms with Crippen LogP contribution in [0.2, 0.25) is 10.1 Å². The van der Waals surface area contributed by atoms with Crippen LogP contribution >= 0.6 is 0 Å². The molecule has 8 bridgehead atoms. The molecule has 0 saturated carbocycles. The van der Waals surface area contributed by atoms with Crippen molar-refractivity contribution >= 4 is 55.0 Å². The van der Waals surface area contributed by atoms with Crippen LogP contribution in [0.15, 0.2) is 146 Å². The van der Waals surface area contributed by atoms with Crippen LogP contribution < -0.4 is 20.7 Å². The summed E-state index contributed by atoms with van der Waals surface area (Å²) in [6, 6.07) is 42.7. The Morgan fingerprint density at radius 1 is 0.552 bits per heavy atom. The first-order valence-electron chi connectivity index (χ1n) is 36.1. The molecule has 96 heavy (non-hydrogen) atoms. The van der Waals surface area contributed by atoms with Gasteiger partial charge in [0.05, 0.1) is 67.6 Å². The molecule has 8 aliphatic rings. The first kappa shape index (κ1) is 70.9. The Bertz CT molecular complexity index is 3290. The fourth-order valence-corrected chi connectivity index (χ4v) is 27.2. The maximum absolute atomic E-state index is 15.4. The Hall–Kier alpha value is -4.96. The lowest BCUT2D eigenvalue weighted by molar-refractivity contribution is -0.254. The summed E-state index contributed by atoms with van der Waals surface area (Å²) in [7, 11) is -6.76. The molecule has 0 spiro atoms. The number of carbonyl (C=O) groups is 3. The van der Waals surface area contributed by atoms with E-state index in [1.807, 2.05) is 34.6 Å². The molecule has 14 nitrogen and oxygen atoms in total. The summed E-state index contributed by atoms with van der Waals surface area (Å²) in [6.45, 7) is 37.2. The molecule has 8 saturated heterocycles. The third-order valence-electron chi connectivity index (χ3n) is 22.6. The molecule has 0 radical (unpaired) electrons. The highest BCUT2D eigenvalue weighted by Gasteiger charge is 2.65. The van der Waals surface area contributed by atoms with Gasteiger partial charge in [0.25, 0.3) is 16.6 Å². The van der Waals surface area contributed by atoms with Crippen LogP contribution in [0, 0.1) is 17.8 Å². The number of fused-ring (bicyclic) bond motifs is 7. The van der Waals surface area contributed by atoms with E-state index in [0.717, 1.165) is 51.2 Å². The fourth-order valence-electron chi connectivity index (χ4n) is 17.8. The van der Waals surface area contributed by atoms with E-state index in [2.05, 4.69) is 190 Å². The van der Waals surface area contributed by atoms with Gasteiger partial charge in [-0.2, -0.15) is 0 Å². The molecular formula is C80H109NO13Si2. The Morgan fingerprint density at radius 2 is 1.07 bits per heavy atom. The lowest BCUT2D eigenvalue weighted by Crippen LogP contribution is -2.73. The zero-order valence-corrected chi connectivity index (χ0v) is 61.5. The molecule has 8 heterocycles. The monoisotopic (exact) mass is 1350 g/mol. The van der Waals surface area contributed by atoms with E-state index in [1.54, 1.807) is 4.90 Å². The zero-order chi connectivity index (χ0) is 68.3. The van der Waals surface area contributed by atoms with E-state index in [-0.39, 0.29) is 91.3 Å². The van der Waals surface area contributed by atoms with Crippen LogP contribution in [0.4, 0.5) is 4.79 Å². The van der Waals surface area contributed by atoms with Crippen LogP contribution in [0.1, 0.15) is 173 Å². The molecule has 18 atom stereocenters. The number of benzene rings is 4. The average molecular weight is 1350 g/mol. The summed E-state index contributed by atoms with van der Waals surface area (Å²) in [4.78, 5) is 45.9. The van der Waals surface area contributed by atoms with E-state index < -0.39 is 93.0 Å². The van der Waals surface area contributed by atoms with Gasteiger partial charge in [-0.1, -0.05) is 190 Å². The third-order valence-corrected chi connectivity index (χ3v) is 32.6. The van der Waals surface area contributed by atoms with Gasteiger partial charge in [0.1, 0.15) is 53.4 Å². The molecule has 8 fully saturated rings. The molecule has 8 aliphatic heterocycles. The molecular weight excluding hydrogens is 1240 g/mol. The molecule has 0 aliphatic carbocycles. The van der Waals surface area contributed by atoms with Gasteiger partial charge in [0.2, 0.25) is 0 Å². The van der Waals surface area contributed by atoms with E-state index in [0.29, 0.717) is 51.5 Å². The normalized spacial score (nSPS) is 34.2. The van der Waals surface area contributed by atoms with Crippen molar-refractivity contribution in [3.8, 4) is 0 Å². The van der Waals surface area contributed by atoms with E-state index in [1.165, 1.54) is 0 Å². The van der Waals surface area contributed by atoms with Crippen LogP contribution in [0.25, 0.3) is 0 Å². The number of rotatable bonds is 10. The van der Waals surface area contributed by atoms with Gasteiger partial charge in [-0.3, -0.25) is 14.5 Å². The molecule has 520 valence electrons. The Morgan fingerprint density at radius 3 is 1.64 bits per heavy atom. The van der Waals surface area contributed by atoms with Crippen molar-refractivity contribution in [1.82, 2.24) is 4.90 Å². The van der Waals surface area contributed by atoms with Crippen LogP contribution in [-0.4, -0.2) is 149 Å². The summed E-state index contributed by atoms with van der Waals surface area (Å²) in [6.07, 6.45) is -0.436. The van der Waals surface area contributed by atoms with E-state index in [4.69, 9.17) is 46.7 Å². The number of hydrogen-bond acceptors (Lipinski definition) is 13. The molecule has 4 aromatic carbocycles. The highest BCUT2D eigenvalue weighted by Crippen LogP contribution is 2.50. The molecule has 4 aromatic rings. The van der Waals surface area contributed by atoms with Crippen LogP contribution in [0.3, 0.4) is 0 Å². The number of amides is 1. The average Bonchev–Trinajstić information content (AvgIpc) is 1.36. The topological polar surface area (TPSA) is 147 Å². The Labute approximate surface area is 574 Å². The first-order valence-corrected chi connectivity index (χ1v) is 39.9. The second kappa shape index (κ2) is 28.2. The van der Waals surface area contributed by atoms with Gasteiger partial charge >= 0.3 is 6.09 Å². The van der Waals surface area contributed by atoms with Gasteiger partial charge in [-0.05, 0) is 139 Å². The Kier molecular flexibility index (Phi) is 20.8. The van der Waals surface area contributed by atoms with Gasteiger partial charge in [-0.25, -0.2) is 4.79 Å². The lowest BCUT2D eigenvalue weighted by atomic mass is 9.78. The van der Waals surface area contributed by atoms with Crippen molar-refractivity contribution in [3.63, 3.8) is 0 Å². The number of Topliss-reactive ketones (excluding diaryl/α,β-unsaturated/α-hetero) is 2. The highest BCUT2D eigenvalue weighted by atomic mass is 28.4. The quantitative estimate of drug-likeness (QED) is 0.110. The smallest absolute Gasteiger partial charge is 0.412 e. The number of nitrogens with zero attached hydrogens (tertiary/aromatic N) is 1. The maximum Gasteiger partial charge on any atom is 0.412 e. The van der Waals surface area contributed by atoms with Gasteiger partial charge in [0.15, 0.2) is 0 Å². The standard InChI is InChI=1S/C80H109NO13Si2/c1-50-42-57-38-40-65-51(2)43-56(85-65)37-36-54(82)46-70-72(93-95(78(8,9)10,60-28-20-16-21-29-60)61-30-22-17-23-31-61)73-74(90-70)75(94-96(79(11,12)13,62-32-24-18-25-33-62)63-34-26-19-27-35-63)71-66(89-73)41-39-58(87-71)44-55(83)45-64-53(4)67(88-69(64)48-68(86-57)52(50)3)47-59-49-81(80(14,15)91-59)76(84)92-77(5,6)7/h16-35,50,53,56-59,64-75H,2-3,36-49H2,1,4-15H3/t50-,53-,56+,57+,58?,59+,64-,65?,66+,67-,68-,69?,70-,71+,72+,73+,74-,75+/m1/s1. The van der Waals surface area contributed by atoms with Gasteiger partial charge < -0.3 is 46.7 Å². The van der Waals surface area contributed by atoms with Crippen molar-refractivity contribution in [2.75, 3.05) is 6.54 Å². The predicted octanol–water partition coefficient (Wildman–Crippen LogP) is 13.1. The second-order valence-corrected chi connectivity index (χ2v) is 41.4. The van der Waals surface area contributed by atoms with E-state index >= 15 is 9.59 Å². The maximum atomic E-state index is 15.4. The largest absolute Gasteiger partial charge is 0.444 e. The lowest BCUT2D eigenvalue weighted by Gasteiger charge is -2.53. The molecule has 0 N–H and O–H groups in total. The van der Waals surface area contributed by atoms with Gasteiger partial charge in [-0.15, -0.1) is 0 Å². The van der Waals surface area contributed by atoms with Crippen molar-refractivity contribution in [2.45, 2.75) is 286 Å². The first-order chi connectivity index (χ1) is 45.5. The summed E-state index contributed by atoms with van der Waals surface area (Å²) in [5, 5.41) is 3.61. The minimum Gasteiger partial charge on any atom is -0.444 e. The van der Waals surface area contributed by atoms with Crippen molar-refractivity contribution in [2.24, 2.45) is 17.8 Å². The van der Waals surface area contributed by atoms with Crippen LogP contribution in [0.5, 0.6) is 0 Å². The predicted molar refractivity (Wildman–Crippen MR) is 379 cm³/mol. The fraction of sp³-hybridized carbons (Fsp3) is 0.613. The minimum absolute atomic E-state index is 0.0460. The number of hydrogen-bond donors (Lipinski definition) is 0. The van der Waals surface area contributed by atoms with Crippen molar-refractivity contribution in [1.29, 1.82) is 0 Å². The van der Waals surface area contributed by atoms with Gasteiger partial charge in [0, 0.05) is 38.5 Å². The molecule has 12 rings (SSSR count). The summed E-state index contributed by atoms with van der Waals surface area (Å²) < 4.78 is 73.4. The number of ether oxygens (including phenoxy) is 8. The SMILES string of the molecule is C=C1C[C@@H]2CCC(=O)C[C@H]3O[C@H]4[C@@H](O[Si](c5ccccc5)(c5ccccc5)C(C)(C)C)[C@H]5OC(CC[C@@H]5O[C@H]4[C@H]3O[Si](c3ccccc3)(c3ccccc3)C(C)(C)C)CC(=O)C[C@H]3C(C[C@H]4O[C@@H](CCC1O2)C[C@@H](C)C4=C)O[C@H](C[C@H]1CN(C(=O)OC(C)(C)C)C(C)(C)O1)[C@@H]3C. The number of ketones is 2. The third kappa shape index (κ3) is 14.5. The summed E-state index contributed by atoms with van der Waals surface area (Å²) in [5.41, 5.74) is 0.527. The zero-order valence-electron chi connectivity index (χ0n) is 59.5. The minimum atomic E-state index is -3.41. The summed E-state index contributed by atoms with van der Waals surface area (Å²) >= 11 is 0. The second-order valence-electron chi connectivity index (χ2n) is 32.9. The molecule has 16 heteroatoms. The van der Waals surface area contributed by atoms with Crippen molar-refractivity contribution < 1.29 is 61.1 Å². The van der Waals surface area contributed by atoms with Crippen LogP contribution in [-0.2, 0) is 56.3 Å². The molecule has 1 amide bonds. The molecule has 0 aromatic heterocycles. The molecule has 3 unspecified atom stereocenters. The highest BCUT2D eigenvalue weighted by molar-refractivity contribution is 7.00. The number of carbonyl (C=O) groups excluding carboxylic acids is 3. The summed E-state index contributed by atoms with van der Waals surface area (Å²) in [5.74, 6) is 0.167. The van der Waals surface area contributed by atoms with E-state index in [9.17, 15) is 4.79 Å². The van der Waals surface area contributed by atoms with Crippen molar-refractivity contribution in [3.05, 3.63) is 146 Å².